The van der Waals surface area contributed by atoms with E-state index in [1.165, 1.54) is 32.1 Å². The lowest BCUT2D eigenvalue weighted by molar-refractivity contribution is 0.0144. The average Bonchev–Trinajstić information content (AvgIpc) is 3.33. The average molecular weight is 509 g/mol. The molecule has 2 saturated carbocycles. The first-order valence-electron chi connectivity index (χ1n) is 14.2. The summed E-state index contributed by atoms with van der Waals surface area (Å²) in [7, 11) is 0. The van der Waals surface area contributed by atoms with Crippen LogP contribution in [0.5, 0.6) is 11.5 Å². The van der Waals surface area contributed by atoms with Gasteiger partial charge in [-0.15, -0.1) is 0 Å². The quantitative estimate of drug-likeness (QED) is 0.262. The van der Waals surface area contributed by atoms with Crippen LogP contribution in [0.2, 0.25) is 0 Å². The minimum absolute atomic E-state index is 0.232. The number of rotatable bonds is 5. The van der Waals surface area contributed by atoms with Crippen molar-refractivity contribution in [3.63, 3.8) is 0 Å². The first-order valence-corrected chi connectivity index (χ1v) is 14.2. The summed E-state index contributed by atoms with van der Waals surface area (Å²) < 4.78 is 12.1. The number of carbonyl (C=O) groups is 2. The third kappa shape index (κ3) is 4.34. The minimum atomic E-state index is -0.357. The Balaban J connectivity index is 1.39. The Bertz CT molecular complexity index is 1330. The summed E-state index contributed by atoms with van der Waals surface area (Å²) in [6.45, 7) is 4.75. The van der Waals surface area contributed by atoms with Crippen molar-refractivity contribution in [2.45, 2.75) is 58.8 Å². The van der Waals surface area contributed by atoms with E-state index in [9.17, 15) is 9.59 Å². The predicted octanol–water partition coefficient (Wildman–Crippen LogP) is 7.69. The molecule has 3 aliphatic rings. The first kappa shape index (κ1) is 24.9. The van der Waals surface area contributed by atoms with Crippen LogP contribution in [0.3, 0.4) is 0 Å². The molecule has 0 aromatic heterocycles. The lowest BCUT2D eigenvalue weighted by Gasteiger charge is -2.51. The van der Waals surface area contributed by atoms with Crippen molar-refractivity contribution in [3.8, 4) is 11.5 Å². The monoisotopic (exact) mass is 508 g/mol. The van der Waals surface area contributed by atoms with E-state index in [0.717, 1.165) is 29.9 Å². The zero-order chi connectivity index (χ0) is 26.3. The lowest BCUT2D eigenvalue weighted by atomic mass is 9.53. The molecule has 4 atom stereocenters. The summed E-state index contributed by atoms with van der Waals surface area (Å²) in [5, 5.41) is 0. The van der Waals surface area contributed by atoms with Gasteiger partial charge in [0.1, 0.15) is 11.5 Å². The Kier molecular flexibility index (Phi) is 6.59. The summed E-state index contributed by atoms with van der Waals surface area (Å²) in [6.07, 6.45) is 8.01. The topological polar surface area (TPSA) is 52.6 Å². The number of hydrogen-bond acceptors (Lipinski definition) is 4. The minimum Gasteiger partial charge on any atom is -0.423 e. The van der Waals surface area contributed by atoms with Gasteiger partial charge in [0.2, 0.25) is 0 Å². The molecule has 4 heteroatoms. The van der Waals surface area contributed by atoms with E-state index in [2.05, 4.69) is 13.8 Å². The van der Waals surface area contributed by atoms with E-state index in [4.69, 9.17) is 9.47 Å². The molecule has 0 bridgehead atoms. The summed E-state index contributed by atoms with van der Waals surface area (Å²) in [4.78, 5) is 26.1. The molecular weight excluding hydrogens is 472 g/mol. The molecule has 0 amide bonds. The van der Waals surface area contributed by atoms with Crippen molar-refractivity contribution in [2.24, 2.45) is 29.1 Å². The fourth-order valence-corrected chi connectivity index (χ4v) is 7.90. The standard InChI is InChI=1S/C34H36O4/c1-22(2)26-18-19-34-21-28-27(20-25(34)14-9-15-29(26)34)30(37-32(35)23-10-5-3-6-11-23)16-17-31(28)38-33(36)24-12-7-4-8-13-24/h3-8,10-13,16-17,22,25-26,29H,9,14-15,18-21H2,1-2H3. The van der Waals surface area contributed by atoms with Crippen LogP contribution in [0.1, 0.15) is 77.8 Å². The highest BCUT2D eigenvalue weighted by Gasteiger charge is 2.56. The molecule has 6 rings (SSSR count). The summed E-state index contributed by atoms with van der Waals surface area (Å²) in [5.74, 6) is 3.18. The fourth-order valence-electron chi connectivity index (χ4n) is 7.90. The van der Waals surface area contributed by atoms with Gasteiger partial charge >= 0.3 is 11.9 Å². The van der Waals surface area contributed by atoms with Gasteiger partial charge in [-0.1, -0.05) is 56.7 Å². The molecule has 2 fully saturated rings. The van der Waals surface area contributed by atoms with Crippen LogP contribution in [0.25, 0.3) is 0 Å². The van der Waals surface area contributed by atoms with Crippen LogP contribution in [-0.4, -0.2) is 11.9 Å². The normalized spacial score (nSPS) is 25.7. The van der Waals surface area contributed by atoms with Crippen molar-refractivity contribution in [3.05, 3.63) is 95.1 Å². The first-order chi connectivity index (χ1) is 18.5. The van der Waals surface area contributed by atoms with Crippen LogP contribution < -0.4 is 9.47 Å². The summed E-state index contributed by atoms with van der Waals surface area (Å²) in [5.41, 5.74) is 3.39. The molecule has 1 spiro atoms. The number of hydrogen-bond donors (Lipinski definition) is 0. The maximum Gasteiger partial charge on any atom is 0.343 e. The number of fused-ring (bicyclic) bond motifs is 1. The second kappa shape index (κ2) is 10.1. The summed E-state index contributed by atoms with van der Waals surface area (Å²) in [6, 6.07) is 21.9. The highest BCUT2D eigenvalue weighted by Crippen LogP contribution is 2.64. The highest BCUT2D eigenvalue weighted by molar-refractivity contribution is 5.92. The number of benzene rings is 3. The van der Waals surface area contributed by atoms with E-state index >= 15 is 0 Å². The zero-order valence-corrected chi connectivity index (χ0v) is 22.3. The van der Waals surface area contributed by atoms with Crippen molar-refractivity contribution in [1.82, 2.24) is 0 Å². The van der Waals surface area contributed by atoms with Gasteiger partial charge in [-0.2, -0.15) is 0 Å². The van der Waals surface area contributed by atoms with E-state index < -0.39 is 0 Å². The van der Waals surface area contributed by atoms with Crippen molar-refractivity contribution < 1.29 is 19.1 Å². The largest absolute Gasteiger partial charge is 0.423 e. The number of ether oxygens (including phenoxy) is 2. The third-order valence-electron chi connectivity index (χ3n) is 9.66. The maximum absolute atomic E-state index is 13.1. The summed E-state index contributed by atoms with van der Waals surface area (Å²) >= 11 is 0. The van der Waals surface area contributed by atoms with Gasteiger partial charge in [0.15, 0.2) is 0 Å². The molecule has 3 aliphatic carbocycles. The van der Waals surface area contributed by atoms with Gasteiger partial charge in [0, 0.05) is 11.1 Å². The second-order valence-corrected chi connectivity index (χ2v) is 11.8. The van der Waals surface area contributed by atoms with Crippen molar-refractivity contribution in [1.29, 1.82) is 0 Å². The smallest absolute Gasteiger partial charge is 0.343 e. The van der Waals surface area contributed by atoms with Gasteiger partial charge in [-0.05, 0) is 104 Å². The Morgan fingerprint density at radius 3 is 1.92 bits per heavy atom. The van der Waals surface area contributed by atoms with Crippen LogP contribution in [0.4, 0.5) is 0 Å². The van der Waals surface area contributed by atoms with Crippen LogP contribution in [-0.2, 0) is 12.8 Å². The van der Waals surface area contributed by atoms with Gasteiger partial charge in [0.25, 0.3) is 0 Å². The van der Waals surface area contributed by atoms with E-state index in [0.29, 0.717) is 40.4 Å². The van der Waals surface area contributed by atoms with E-state index in [-0.39, 0.29) is 17.4 Å². The molecule has 38 heavy (non-hydrogen) atoms. The van der Waals surface area contributed by atoms with Crippen LogP contribution >= 0.6 is 0 Å². The van der Waals surface area contributed by atoms with Crippen LogP contribution in [0, 0.1) is 29.1 Å². The molecule has 4 unspecified atom stereocenters. The Labute approximate surface area is 225 Å². The number of carbonyl (C=O) groups excluding carboxylic acids is 2. The third-order valence-corrected chi connectivity index (χ3v) is 9.66. The van der Waals surface area contributed by atoms with Gasteiger partial charge in [-0.3, -0.25) is 0 Å². The lowest BCUT2D eigenvalue weighted by Crippen LogP contribution is -2.45. The van der Waals surface area contributed by atoms with E-state index in [1.54, 1.807) is 24.3 Å². The van der Waals surface area contributed by atoms with Gasteiger partial charge < -0.3 is 9.47 Å². The van der Waals surface area contributed by atoms with Gasteiger partial charge in [-0.25, -0.2) is 9.59 Å². The maximum atomic E-state index is 13.1. The fraction of sp³-hybridized carbons (Fsp3) is 0.412. The predicted molar refractivity (Wildman–Crippen MR) is 147 cm³/mol. The molecule has 0 radical (unpaired) electrons. The Morgan fingerprint density at radius 2 is 1.34 bits per heavy atom. The van der Waals surface area contributed by atoms with Gasteiger partial charge in [0.05, 0.1) is 11.1 Å². The molecule has 4 nitrogen and oxygen atoms in total. The number of esters is 2. The highest BCUT2D eigenvalue weighted by atomic mass is 16.5. The molecule has 0 saturated heterocycles. The van der Waals surface area contributed by atoms with E-state index in [1.807, 2.05) is 48.5 Å². The molecule has 3 aromatic rings. The molecule has 0 heterocycles. The molecular formula is C34H36O4. The Hall–Kier alpha value is -3.40. The zero-order valence-electron chi connectivity index (χ0n) is 22.3. The molecule has 3 aromatic carbocycles. The molecule has 0 N–H and O–H groups in total. The van der Waals surface area contributed by atoms with Crippen molar-refractivity contribution in [2.75, 3.05) is 0 Å². The second-order valence-electron chi connectivity index (χ2n) is 11.8. The Morgan fingerprint density at radius 1 is 0.763 bits per heavy atom. The SMILES string of the molecule is CC(C)C1CCC23Cc4c(OC(=O)c5ccccc5)ccc(OC(=O)c5ccccc5)c4CC2CCCC13. The van der Waals surface area contributed by atoms with Crippen molar-refractivity contribution >= 4 is 11.9 Å². The van der Waals surface area contributed by atoms with Crippen LogP contribution in [0.15, 0.2) is 72.8 Å². The molecule has 196 valence electrons. The molecule has 0 aliphatic heterocycles.